The van der Waals surface area contributed by atoms with Crippen LogP contribution < -0.4 is 15.3 Å². The molecule has 12 bridgehead atoms. The van der Waals surface area contributed by atoms with Crippen LogP contribution in [0.25, 0.3) is 0 Å². The standard InChI is InChI=1S/C60H81N3O3.C7H8.U/c1-37-10-49(55(64)52(13-37)58-25-40-16-41(26-58)18-42(17-40)27-58)34-61-4-6-62(35-50-11-38(2)14-53(56(50)65)59-28-43-19-44(29-59)21-45(20-43)30-59)8-9-63(7-5-61)36-51-12-39(3)15-54(57(51)66)60-31-46-22-47(32-60)24-48(23-46)33-60;1-7-5-3-2-4-6-7;/h10-15,40-48,64-66H,4-9,16-36H2,1-3H3;2-6H,1H3;/q;;+3/p-3. The number of rotatable bonds is 9. The predicted molar refractivity (Wildman–Crippen MR) is 288 cm³/mol. The molecular formula is C67H86N3O3U. The van der Waals surface area contributed by atoms with Crippen molar-refractivity contribution in [3.8, 4) is 17.2 Å². The molecule has 6 nitrogen and oxygen atoms in total. The van der Waals surface area contributed by atoms with Crippen LogP contribution in [0.2, 0.25) is 0 Å². The number of hydrogen-bond acceptors (Lipinski definition) is 6. The Morgan fingerprint density at radius 2 is 0.581 bits per heavy atom. The van der Waals surface area contributed by atoms with Crippen molar-refractivity contribution in [3.63, 3.8) is 0 Å². The van der Waals surface area contributed by atoms with Crippen LogP contribution in [-0.4, -0.2) is 54.0 Å². The molecule has 4 aromatic carbocycles. The first-order chi connectivity index (χ1) is 35.2. The van der Waals surface area contributed by atoms with E-state index in [0.717, 1.165) is 126 Å². The maximum absolute atomic E-state index is 14.9. The Morgan fingerprint density at radius 3 is 0.784 bits per heavy atom. The Kier molecular flexibility index (Phi) is 14.4. The summed E-state index contributed by atoms with van der Waals surface area (Å²) in [6, 6.07) is 23.8. The zero-order valence-corrected chi connectivity index (χ0v) is 49.9. The minimum Gasteiger partial charge on any atom is -0.872 e. The topological polar surface area (TPSA) is 78.9 Å². The fraction of sp³-hybridized carbons (Fsp3) is 0.642. The molecule has 0 spiro atoms. The second-order valence-electron chi connectivity index (χ2n) is 28.0. The van der Waals surface area contributed by atoms with Crippen LogP contribution in [-0.2, 0) is 35.9 Å². The van der Waals surface area contributed by atoms with Gasteiger partial charge in [-0.05, 0) is 246 Å². The molecule has 0 unspecified atom stereocenters. The summed E-state index contributed by atoms with van der Waals surface area (Å²) in [5, 5.41) is 44.7. The Labute approximate surface area is 469 Å². The van der Waals surface area contributed by atoms with Crippen molar-refractivity contribution in [2.45, 2.75) is 179 Å². The molecule has 4 aromatic rings. The first-order valence-electron chi connectivity index (χ1n) is 29.8. The van der Waals surface area contributed by atoms with E-state index in [1.165, 1.54) is 138 Å². The third-order valence-corrected chi connectivity index (χ3v) is 22.1. The number of nitrogens with zero attached hydrogens (tertiary/aromatic N) is 3. The van der Waals surface area contributed by atoms with E-state index in [9.17, 15) is 15.3 Å². The fourth-order valence-electron chi connectivity index (χ4n) is 20.3. The quantitative estimate of drug-likeness (QED) is 0.166. The van der Waals surface area contributed by atoms with Crippen LogP contribution >= 0.6 is 0 Å². The van der Waals surface area contributed by atoms with Gasteiger partial charge >= 0.3 is 31.1 Å². The van der Waals surface area contributed by atoms with Crippen LogP contribution in [0.4, 0.5) is 0 Å². The van der Waals surface area contributed by atoms with Gasteiger partial charge in [-0.3, -0.25) is 14.7 Å². The van der Waals surface area contributed by atoms with Gasteiger partial charge in [0.25, 0.3) is 0 Å². The van der Waals surface area contributed by atoms with Gasteiger partial charge in [0.2, 0.25) is 0 Å². The maximum atomic E-state index is 14.9. The van der Waals surface area contributed by atoms with Gasteiger partial charge in [-0.15, -0.1) is 17.2 Å². The summed E-state index contributed by atoms with van der Waals surface area (Å²) in [5.41, 5.74) is 11.6. The van der Waals surface area contributed by atoms with Gasteiger partial charge in [0, 0.05) is 58.9 Å². The molecule has 0 N–H and O–H groups in total. The SMILES string of the molecule is Cc1cc(CN2CCN(Cc3cc(C)cc(C45CC6CC(CC(C6)C4)C5)c3[O-])CCN(Cc3cc(C)cc(C45CC6CC(CC(C6)C4)C5)c3[O-])CC2)c([O-])c(C23CC4CC(CC(C4)C2)C3)c1.Cc1ccccc1.[U+3]. The Morgan fingerprint density at radius 1 is 0.351 bits per heavy atom. The molecule has 1 aliphatic heterocycles. The molecular weight excluding hydrogens is 1130 g/mol. The summed E-state index contributed by atoms with van der Waals surface area (Å²) in [4.78, 5) is 7.65. The summed E-state index contributed by atoms with van der Waals surface area (Å²) in [6.45, 7) is 15.8. The molecule has 0 atom stereocenters. The van der Waals surface area contributed by atoms with Crippen molar-refractivity contribution in [3.05, 3.63) is 122 Å². The number of benzene rings is 4. The van der Waals surface area contributed by atoms with Gasteiger partial charge in [0.05, 0.1) is 0 Å². The number of aryl methyl sites for hydroxylation is 4. The van der Waals surface area contributed by atoms with Crippen LogP contribution in [0, 0.1) is 112 Å². The molecule has 391 valence electrons. The van der Waals surface area contributed by atoms with E-state index in [2.05, 4.69) is 90.9 Å². The van der Waals surface area contributed by atoms with E-state index in [1.54, 1.807) is 0 Å². The molecule has 1 saturated heterocycles. The number of hydrogen-bond donors (Lipinski definition) is 0. The van der Waals surface area contributed by atoms with Gasteiger partial charge in [-0.1, -0.05) is 89.0 Å². The third kappa shape index (κ3) is 10.0. The summed E-state index contributed by atoms with van der Waals surface area (Å²) < 4.78 is 0. The van der Waals surface area contributed by atoms with Gasteiger partial charge in [-0.25, -0.2) is 0 Å². The fourth-order valence-corrected chi connectivity index (χ4v) is 20.3. The van der Waals surface area contributed by atoms with Crippen molar-refractivity contribution >= 4 is 0 Å². The smallest absolute Gasteiger partial charge is 0.872 e. The van der Waals surface area contributed by atoms with Gasteiger partial charge < -0.3 is 15.3 Å². The van der Waals surface area contributed by atoms with Crippen molar-refractivity contribution in [2.75, 3.05) is 39.3 Å². The van der Waals surface area contributed by atoms with E-state index >= 15 is 0 Å². The van der Waals surface area contributed by atoms with E-state index in [-0.39, 0.29) is 47.4 Å². The summed E-state index contributed by atoms with van der Waals surface area (Å²) >= 11 is 0. The second-order valence-corrected chi connectivity index (χ2v) is 28.0. The molecule has 12 saturated carbocycles. The predicted octanol–water partition coefficient (Wildman–Crippen LogP) is 12.1. The van der Waals surface area contributed by atoms with E-state index in [4.69, 9.17) is 0 Å². The zero-order valence-electron chi connectivity index (χ0n) is 45.7. The van der Waals surface area contributed by atoms with Crippen LogP contribution in [0.1, 0.15) is 171 Å². The second kappa shape index (κ2) is 20.5. The molecule has 74 heavy (non-hydrogen) atoms. The van der Waals surface area contributed by atoms with Crippen LogP contribution in [0.3, 0.4) is 0 Å². The van der Waals surface area contributed by atoms with Crippen LogP contribution in [0.15, 0.2) is 66.7 Å². The Hall–Kier alpha value is -2.79. The maximum Gasteiger partial charge on any atom is 3.00 e. The molecule has 12 aliphatic carbocycles. The molecule has 17 rings (SSSR count). The molecule has 0 amide bonds. The summed E-state index contributed by atoms with van der Waals surface area (Å²) in [5.74, 6) is 8.14. The summed E-state index contributed by atoms with van der Waals surface area (Å²) in [6.07, 6.45) is 23.3. The van der Waals surface area contributed by atoms with Crippen LogP contribution in [0.5, 0.6) is 17.2 Å². The van der Waals surface area contributed by atoms with E-state index in [1.807, 2.05) is 18.2 Å². The average Bonchev–Trinajstić information content (AvgIpc) is 3.42. The largest absolute Gasteiger partial charge is 3.00 e. The Bertz CT molecular complexity index is 2320. The average molecular weight is 1220 g/mol. The van der Waals surface area contributed by atoms with Crippen molar-refractivity contribution in [2.24, 2.45) is 53.3 Å². The van der Waals surface area contributed by atoms with Crippen molar-refractivity contribution < 1.29 is 46.4 Å². The Balaban J connectivity index is 0.000000644. The molecule has 1 heterocycles. The molecule has 1 radical (unpaired) electrons. The molecule has 0 aromatic heterocycles. The normalized spacial score (nSPS) is 36.0. The van der Waals surface area contributed by atoms with E-state index in [0.29, 0.717) is 36.9 Å². The third-order valence-electron chi connectivity index (χ3n) is 22.1. The molecule has 13 fully saturated rings. The monoisotopic (exact) mass is 1220 g/mol. The molecule has 13 aliphatic rings. The minimum atomic E-state index is 0. The van der Waals surface area contributed by atoms with Gasteiger partial charge in [-0.2, -0.15) is 0 Å². The molecule has 7 heteroatoms. The minimum absolute atomic E-state index is 0. The van der Waals surface area contributed by atoms with Crippen molar-refractivity contribution in [1.29, 1.82) is 0 Å². The van der Waals surface area contributed by atoms with E-state index < -0.39 is 0 Å². The summed E-state index contributed by atoms with van der Waals surface area (Å²) in [7, 11) is 0. The van der Waals surface area contributed by atoms with Gasteiger partial charge in [0.15, 0.2) is 0 Å². The first kappa shape index (κ1) is 51.9. The zero-order chi connectivity index (χ0) is 49.8. The van der Waals surface area contributed by atoms with Gasteiger partial charge in [0.1, 0.15) is 0 Å². The van der Waals surface area contributed by atoms with Crippen molar-refractivity contribution in [1.82, 2.24) is 14.7 Å². The first-order valence-corrected chi connectivity index (χ1v) is 29.8.